The molecule has 1 amide bonds. The number of hydrogen-bond donors (Lipinski definition) is 0. The highest BCUT2D eigenvalue weighted by atomic mass is 32.2. The van der Waals surface area contributed by atoms with E-state index in [2.05, 4.69) is 4.98 Å². The van der Waals surface area contributed by atoms with Crippen LogP contribution in [0.2, 0.25) is 0 Å². The molecule has 1 aromatic heterocycles. The molecule has 0 radical (unpaired) electrons. The minimum Gasteiger partial charge on any atom is -0.457 e. The zero-order chi connectivity index (χ0) is 18.9. The molecule has 0 aliphatic carbocycles. The molecule has 136 valence electrons. The van der Waals surface area contributed by atoms with Crippen molar-refractivity contribution in [2.75, 3.05) is 10.7 Å². The van der Waals surface area contributed by atoms with Crippen molar-refractivity contribution in [3.05, 3.63) is 84.7 Å². The van der Waals surface area contributed by atoms with Crippen molar-refractivity contribution < 1.29 is 17.9 Å². The fourth-order valence-electron chi connectivity index (χ4n) is 3.03. The summed E-state index contributed by atoms with van der Waals surface area (Å²) in [5, 5.41) is -1.12. The molecule has 2 aromatic carbocycles. The van der Waals surface area contributed by atoms with Crippen LogP contribution < -0.4 is 9.64 Å². The average Bonchev–Trinajstić information content (AvgIpc) is 2.92. The topological polar surface area (TPSA) is 76.6 Å². The standard InChI is InChI=1S/C20H16N2O4S/c23-19-14-27(24,25)20(18-8-4-5-13-21-18)22(19)15-9-11-17(12-10-15)26-16-6-2-1-3-7-16/h1-13,20H,14H2. The second-order valence-corrected chi connectivity index (χ2v) is 8.15. The summed E-state index contributed by atoms with van der Waals surface area (Å²) in [6.45, 7) is 0. The lowest BCUT2D eigenvalue weighted by Gasteiger charge is -2.23. The Kier molecular flexibility index (Phi) is 4.37. The van der Waals surface area contributed by atoms with Gasteiger partial charge in [-0.1, -0.05) is 24.3 Å². The number of para-hydroxylation sites is 1. The number of aromatic nitrogens is 1. The lowest BCUT2D eigenvalue weighted by Crippen LogP contribution is -2.29. The minimum absolute atomic E-state index is 0.327. The number of carbonyl (C=O) groups excluding carboxylic acids is 1. The number of ether oxygens (including phenoxy) is 1. The Morgan fingerprint density at radius 3 is 2.22 bits per heavy atom. The summed E-state index contributed by atoms with van der Waals surface area (Å²) in [4.78, 5) is 17.9. The molecule has 0 N–H and O–H groups in total. The molecule has 7 heteroatoms. The highest BCUT2D eigenvalue weighted by Gasteiger charge is 2.46. The maximum absolute atomic E-state index is 12.5. The first-order valence-corrected chi connectivity index (χ1v) is 10.0. The van der Waals surface area contributed by atoms with Gasteiger partial charge in [0.1, 0.15) is 17.3 Å². The molecule has 1 atom stereocenters. The summed E-state index contributed by atoms with van der Waals surface area (Å²) < 4.78 is 30.8. The van der Waals surface area contributed by atoms with Gasteiger partial charge in [-0.15, -0.1) is 0 Å². The van der Waals surface area contributed by atoms with Gasteiger partial charge in [0.25, 0.3) is 0 Å². The van der Waals surface area contributed by atoms with E-state index < -0.39 is 26.9 Å². The van der Waals surface area contributed by atoms with Crippen molar-refractivity contribution in [2.45, 2.75) is 5.37 Å². The molecule has 1 aliphatic rings. The van der Waals surface area contributed by atoms with E-state index in [0.29, 0.717) is 22.9 Å². The van der Waals surface area contributed by atoms with E-state index >= 15 is 0 Å². The highest BCUT2D eigenvalue weighted by Crippen LogP contribution is 2.37. The minimum atomic E-state index is -3.66. The van der Waals surface area contributed by atoms with Crippen LogP contribution in [-0.4, -0.2) is 25.1 Å². The fourth-order valence-corrected chi connectivity index (χ4v) is 4.74. The fraction of sp³-hybridized carbons (Fsp3) is 0.100. The Morgan fingerprint density at radius 1 is 0.889 bits per heavy atom. The summed E-state index contributed by atoms with van der Waals surface area (Å²) in [6, 6.07) is 21.1. The van der Waals surface area contributed by atoms with Crippen molar-refractivity contribution in [2.24, 2.45) is 0 Å². The third-order valence-electron chi connectivity index (χ3n) is 4.20. The average molecular weight is 380 g/mol. The number of hydrogen-bond acceptors (Lipinski definition) is 5. The maximum Gasteiger partial charge on any atom is 0.243 e. The first kappa shape index (κ1) is 17.2. The molecule has 0 bridgehead atoms. The largest absolute Gasteiger partial charge is 0.457 e. The Labute approximate surface area is 157 Å². The molecule has 1 unspecified atom stereocenters. The SMILES string of the molecule is O=C1CS(=O)(=O)C(c2ccccn2)N1c1ccc(Oc2ccccc2)cc1. The van der Waals surface area contributed by atoms with Crippen LogP contribution in [0.1, 0.15) is 11.1 Å². The monoisotopic (exact) mass is 380 g/mol. The summed E-state index contributed by atoms with van der Waals surface area (Å²) in [5.74, 6) is 0.281. The van der Waals surface area contributed by atoms with Gasteiger partial charge < -0.3 is 4.74 Å². The molecule has 0 saturated carbocycles. The number of nitrogens with zero attached hydrogens (tertiary/aromatic N) is 2. The van der Waals surface area contributed by atoms with Crippen LogP contribution in [0.5, 0.6) is 11.5 Å². The maximum atomic E-state index is 12.5. The molecule has 2 heterocycles. The van der Waals surface area contributed by atoms with Gasteiger partial charge in [-0.3, -0.25) is 14.7 Å². The Bertz CT molecular complexity index is 1050. The summed E-state index contributed by atoms with van der Waals surface area (Å²) >= 11 is 0. The van der Waals surface area contributed by atoms with E-state index in [0.717, 1.165) is 0 Å². The van der Waals surface area contributed by atoms with E-state index in [1.807, 2.05) is 30.3 Å². The Morgan fingerprint density at radius 2 is 1.56 bits per heavy atom. The van der Waals surface area contributed by atoms with Crippen molar-refractivity contribution >= 4 is 21.4 Å². The van der Waals surface area contributed by atoms with Gasteiger partial charge >= 0.3 is 0 Å². The van der Waals surface area contributed by atoms with Crippen molar-refractivity contribution in [1.29, 1.82) is 0 Å². The van der Waals surface area contributed by atoms with Gasteiger partial charge in [-0.2, -0.15) is 0 Å². The van der Waals surface area contributed by atoms with Gasteiger partial charge in [0.05, 0.1) is 5.69 Å². The molecule has 1 fully saturated rings. The van der Waals surface area contributed by atoms with Gasteiger partial charge in [-0.05, 0) is 48.5 Å². The molecule has 4 rings (SSSR count). The number of anilines is 1. The number of amides is 1. The van der Waals surface area contributed by atoms with Gasteiger partial charge in [0.2, 0.25) is 5.91 Å². The molecule has 1 saturated heterocycles. The van der Waals surface area contributed by atoms with E-state index in [4.69, 9.17) is 4.74 Å². The second kappa shape index (κ2) is 6.85. The molecular weight excluding hydrogens is 364 g/mol. The number of pyridine rings is 1. The second-order valence-electron chi connectivity index (χ2n) is 6.09. The van der Waals surface area contributed by atoms with Crippen LogP contribution in [0.15, 0.2) is 79.0 Å². The zero-order valence-electron chi connectivity index (χ0n) is 14.2. The lowest BCUT2D eigenvalue weighted by molar-refractivity contribution is -0.115. The third kappa shape index (κ3) is 3.41. The van der Waals surface area contributed by atoms with Crippen LogP contribution in [-0.2, 0) is 14.6 Å². The lowest BCUT2D eigenvalue weighted by atomic mass is 10.2. The van der Waals surface area contributed by atoms with Gasteiger partial charge in [-0.25, -0.2) is 8.42 Å². The van der Waals surface area contributed by atoms with E-state index in [9.17, 15) is 13.2 Å². The van der Waals surface area contributed by atoms with E-state index in [1.54, 1.807) is 42.5 Å². The van der Waals surface area contributed by atoms with E-state index in [-0.39, 0.29) is 0 Å². The quantitative estimate of drug-likeness (QED) is 0.694. The Balaban J connectivity index is 1.66. The molecule has 27 heavy (non-hydrogen) atoms. The predicted molar refractivity (Wildman–Crippen MR) is 101 cm³/mol. The highest BCUT2D eigenvalue weighted by molar-refractivity contribution is 7.93. The van der Waals surface area contributed by atoms with Gasteiger partial charge in [0.15, 0.2) is 15.2 Å². The molecule has 6 nitrogen and oxygen atoms in total. The smallest absolute Gasteiger partial charge is 0.243 e. The summed E-state index contributed by atoms with van der Waals surface area (Å²) in [6.07, 6.45) is 1.52. The number of rotatable bonds is 4. The number of sulfone groups is 1. The molecular formula is C20H16N2O4S. The molecule has 0 spiro atoms. The number of benzene rings is 2. The van der Waals surface area contributed by atoms with Gasteiger partial charge in [0, 0.05) is 11.9 Å². The van der Waals surface area contributed by atoms with Crippen molar-refractivity contribution in [3.8, 4) is 11.5 Å². The van der Waals surface area contributed by atoms with Crippen molar-refractivity contribution in [3.63, 3.8) is 0 Å². The first-order valence-electron chi connectivity index (χ1n) is 8.32. The van der Waals surface area contributed by atoms with Crippen LogP contribution in [0.3, 0.4) is 0 Å². The van der Waals surface area contributed by atoms with Crippen LogP contribution >= 0.6 is 0 Å². The Hall–Kier alpha value is -3.19. The number of carbonyl (C=O) groups is 1. The van der Waals surface area contributed by atoms with E-state index in [1.165, 1.54) is 11.1 Å². The first-order chi connectivity index (χ1) is 13.0. The normalized spacial score (nSPS) is 18.4. The third-order valence-corrected chi connectivity index (χ3v) is 5.98. The zero-order valence-corrected chi connectivity index (χ0v) is 15.0. The molecule has 1 aliphatic heterocycles. The van der Waals surface area contributed by atoms with Crippen LogP contribution in [0.4, 0.5) is 5.69 Å². The van der Waals surface area contributed by atoms with Crippen LogP contribution in [0, 0.1) is 0 Å². The predicted octanol–water partition coefficient (Wildman–Crippen LogP) is 3.33. The van der Waals surface area contributed by atoms with Crippen LogP contribution in [0.25, 0.3) is 0 Å². The molecule has 3 aromatic rings. The van der Waals surface area contributed by atoms with Crippen molar-refractivity contribution in [1.82, 2.24) is 4.98 Å². The summed E-state index contributed by atoms with van der Waals surface area (Å²) in [5.41, 5.74) is 0.810. The summed E-state index contributed by atoms with van der Waals surface area (Å²) in [7, 11) is -3.66.